The first-order valence-electron chi connectivity index (χ1n) is 6.45. The fourth-order valence-corrected chi connectivity index (χ4v) is 1.55. The number of hydrogen-bond acceptors (Lipinski definition) is 1. The Morgan fingerprint density at radius 2 is 1.78 bits per heavy atom. The summed E-state index contributed by atoms with van der Waals surface area (Å²) in [5.41, 5.74) is 1.03. The van der Waals surface area contributed by atoms with E-state index in [1.54, 1.807) is 6.21 Å². The zero-order valence-corrected chi connectivity index (χ0v) is 11.0. The Morgan fingerprint density at radius 3 is 2.50 bits per heavy atom. The summed E-state index contributed by atoms with van der Waals surface area (Å²) in [6, 6.07) is 9.75. The molecule has 1 aromatic carbocycles. The molecule has 0 spiro atoms. The summed E-state index contributed by atoms with van der Waals surface area (Å²) < 4.78 is 0.952. The second-order valence-corrected chi connectivity index (χ2v) is 4.10. The van der Waals surface area contributed by atoms with Gasteiger partial charge in [-0.1, -0.05) is 55.5 Å². The van der Waals surface area contributed by atoms with Crippen LogP contribution in [0.1, 0.15) is 31.7 Å². The molecule has 0 unspecified atom stereocenters. The number of unbranched alkanes of at least 4 members (excludes halogenated alkanes) is 1. The average Bonchev–Trinajstić information content (AvgIpc) is 2.39. The smallest absolute Gasteiger partial charge is 0.178 e. The highest BCUT2D eigenvalue weighted by atomic mass is 16.5. The molecule has 96 valence electrons. The standard InChI is InChI=1S/C16H21NO/c1-2-3-4-5-6-7-11-14-17(18)15-16-12-9-8-10-13-16/h3-4,7-14H,2,5-6,15H2,1H3/b4-3?,11-7-,17-14-. The molecule has 0 radical (unpaired) electrons. The molecule has 1 rings (SSSR count). The van der Waals surface area contributed by atoms with Gasteiger partial charge in [-0.05, 0) is 25.3 Å². The van der Waals surface area contributed by atoms with Crippen LogP contribution in [-0.2, 0) is 6.54 Å². The van der Waals surface area contributed by atoms with Gasteiger partial charge in [0.2, 0.25) is 0 Å². The van der Waals surface area contributed by atoms with Gasteiger partial charge in [-0.15, -0.1) is 0 Å². The number of hydroxylamine groups is 1. The van der Waals surface area contributed by atoms with Crippen molar-refractivity contribution in [1.29, 1.82) is 0 Å². The predicted octanol–water partition coefficient (Wildman–Crippen LogP) is 4.07. The molecule has 0 aliphatic carbocycles. The van der Waals surface area contributed by atoms with Crippen molar-refractivity contribution in [2.45, 2.75) is 32.7 Å². The molecule has 0 heterocycles. The zero-order valence-electron chi connectivity index (χ0n) is 11.0. The van der Waals surface area contributed by atoms with E-state index in [1.807, 2.05) is 42.5 Å². The Morgan fingerprint density at radius 1 is 1.06 bits per heavy atom. The maximum Gasteiger partial charge on any atom is 0.178 e. The number of nitrogens with zero attached hydrogens (tertiary/aromatic N) is 1. The molecule has 0 fully saturated rings. The molecule has 0 saturated carbocycles. The Balaban J connectivity index is 2.29. The summed E-state index contributed by atoms with van der Waals surface area (Å²) in [5, 5.41) is 11.5. The maximum absolute atomic E-state index is 11.5. The monoisotopic (exact) mass is 243 g/mol. The lowest BCUT2D eigenvalue weighted by atomic mass is 10.2. The summed E-state index contributed by atoms with van der Waals surface area (Å²) in [6.07, 6.45) is 12.9. The van der Waals surface area contributed by atoms with Gasteiger partial charge in [0.1, 0.15) is 0 Å². The van der Waals surface area contributed by atoms with Crippen LogP contribution in [0.25, 0.3) is 0 Å². The first-order valence-corrected chi connectivity index (χ1v) is 6.45. The third-order valence-corrected chi connectivity index (χ3v) is 2.47. The average molecular weight is 243 g/mol. The highest BCUT2D eigenvalue weighted by Gasteiger charge is 1.94. The minimum Gasteiger partial charge on any atom is -0.624 e. The largest absolute Gasteiger partial charge is 0.624 e. The van der Waals surface area contributed by atoms with E-state index in [0.717, 1.165) is 29.6 Å². The van der Waals surface area contributed by atoms with E-state index in [9.17, 15) is 5.21 Å². The molecule has 0 aromatic heterocycles. The van der Waals surface area contributed by atoms with Crippen molar-refractivity contribution in [2.75, 3.05) is 0 Å². The molecule has 0 N–H and O–H groups in total. The topological polar surface area (TPSA) is 26.1 Å². The van der Waals surface area contributed by atoms with Crippen LogP contribution in [0.3, 0.4) is 0 Å². The van der Waals surface area contributed by atoms with Crippen molar-refractivity contribution in [2.24, 2.45) is 0 Å². The lowest BCUT2D eigenvalue weighted by Crippen LogP contribution is -2.03. The fourth-order valence-electron chi connectivity index (χ4n) is 1.55. The van der Waals surface area contributed by atoms with Gasteiger partial charge in [0.15, 0.2) is 12.8 Å². The normalized spacial score (nSPS) is 12.6. The van der Waals surface area contributed by atoms with Gasteiger partial charge < -0.3 is 5.21 Å². The quantitative estimate of drug-likeness (QED) is 0.177. The molecule has 0 aliphatic heterocycles. The van der Waals surface area contributed by atoms with Crippen LogP contribution in [0, 0.1) is 5.21 Å². The van der Waals surface area contributed by atoms with Crippen LogP contribution in [0.2, 0.25) is 0 Å². The number of rotatable bonds is 7. The van der Waals surface area contributed by atoms with Crippen LogP contribution >= 0.6 is 0 Å². The molecule has 2 nitrogen and oxygen atoms in total. The van der Waals surface area contributed by atoms with Crippen LogP contribution < -0.4 is 0 Å². The van der Waals surface area contributed by atoms with E-state index >= 15 is 0 Å². The number of allylic oxidation sites excluding steroid dienone is 4. The molecule has 0 amide bonds. The molecule has 0 atom stereocenters. The highest BCUT2D eigenvalue weighted by Crippen LogP contribution is 1.99. The first kappa shape index (κ1) is 14.2. The molecule has 18 heavy (non-hydrogen) atoms. The van der Waals surface area contributed by atoms with Crippen LogP contribution in [0.15, 0.2) is 54.6 Å². The van der Waals surface area contributed by atoms with Crippen LogP contribution in [0.4, 0.5) is 0 Å². The molecule has 2 heteroatoms. The zero-order chi connectivity index (χ0) is 13.1. The van der Waals surface area contributed by atoms with E-state index in [0.29, 0.717) is 6.54 Å². The molecule has 0 bridgehead atoms. The van der Waals surface area contributed by atoms with Gasteiger partial charge in [-0.2, -0.15) is 0 Å². The molecule has 0 aliphatic rings. The van der Waals surface area contributed by atoms with Crippen molar-refractivity contribution >= 4 is 6.21 Å². The van der Waals surface area contributed by atoms with Gasteiger partial charge in [-0.25, -0.2) is 4.74 Å². The SMILES string of the molecule is CCC=CCC/C=C\C=[N+](/[O-])Cc1ccccc1. The van der Waals surface area contributed by atoms with Gasteiger partial charge >= 0.3 is 0 Å². The predicted molar refractivity (Wildman–Crippen MR) is 77.6 cm³/mol. The van der Waals surface area contributed by atoms with Crippen molar-refractivity contribution in [3.05, 3.63) is 65.4 Å². The van der Waals surface area contributed by atoms with Gasteiger partial charge in [0.05, 0.1) is 0 Å². The molecular weight excluding hydrogens is 222 g/mol. The Kier molecular flexibility index (Phi) is 7.29. The Labute approximate surface area is 110 Å². The van der Waals surface area contributed by atoms with E-state index in [1.165, 1.54) is 0 Å². The third kappa shape index (κ3) is 6.69. The van der Waals surface area contributed by atoms with Crippen molar-refractivity contribution in [3.8, 4) is 0 Å². The number of benzene rings is 1. The Hall–Kier alpha value is -1.83. The van der Waals surface area contributed by atoms with Crippen LogP contribution in [0.5, 0.6) is 0 Å². The third-order valence-electron chi connectivity index (χ3n) is 2.47. The summed E-state index contributed by atoms with van der Waals surface area (Å²) in [5.74, 6) is 0. The summed E-state index contributed by atoms with van der Waals surface area (Å²) in [7, 11) is 0. The first-order chi connectivity index (χ1) is 8.83. The van der Waals surface area contributed by atoms with Gasteiger partial charge in [-0.3, -0.25) is 0 Å². The molecule has 0 saturated heterocycles. The number of hydrogen-bond donors (Lipinski definition) is 0. The van der Waals surface area contributed by atoms with Gasteiger partial charge in [0, 0.05) is 5.56 Å². The maximum atomic E-state index is 11.5. The van der Waals surface area contributed by atoms with E-state index in [-0.39, 0.29) is 0 Å². The van der Waals surface area contributed by atoms with E-state index in [2.05, 4.69) is 19.1 Å². The second-order valence-electron chi connectivity index (χ2n) is 4.10. The molecular formula is C16H21NO. The van der Waals surface area contributed by atoms with E-state index in [4.69, 9.17) is 0 Å². The summed E-state index contributed by atoms with van der Waals surface area (Å²) >= 11 is 0. The second kappa shape index (κ2) is 9.23. The van der Waals surface area contributed by atoms with Crippen molar-refractivity contribution in [1.82, 2.24) is 0 Å². The lowest BCUT2D eigenvalue weighted by molar-refractivity contribution is -0.469. The van der Waals surface area contributed by atoms with Crippen molar-refractivity contribution in [3.63, 3.8) is 0 Å². The lowest BCUT2D eigenvalue weighted by Gasteiger charge is -2.02. The summed E-state index contributed by atoms with van der Waals surface area (Å²) in [4.78, 5) is 0. The van der Waals surface area contributed by atoms with Gasteiger partial charge in [0.25, 0.3) is 0 Å². The minimum atomic E-state index is 0.404. The van der Waals surface area contributed by atoms with Crippen LogP contribution in [-0.4, -0.2) is 11.0 Å². The van der Waals surface area contributed by atoms with E-state index < -0.39 is 0 Å². The minimum absolute atomic E-state index is 0.404. The Bertz CT molecular complexity index is 404. The molecule has 1 aromatic rings. The van der Waals surface area contributed by atoms with Crippen molar-refractivity contribution < 1.29 is 4.74 Å². The summed E-state index contributed by atoms with van der Waals surface area (Å²) in [6.45, 7) is 2.53. The highest BCUT2D eigenvalue weighted by molar-refractivity contribution is 5.66. The fraction of sp³-hybridized carbons (Fsp3) is 0.312.